The number of hydrogen-bond acceptors (Lipinski definition) is 8. The van der Waals surface area contributed by atoms with Gasteiger partial charge < -0.3 is 30.1 Å². The predicted molar refractivity (Wildman–Crippen MR) is 148 cm³/mol. The Morgan fingerprint density at radius 1 is 1.25 bits per heavy atom. The van der Waals surface area contributed by atoms with E-state index in [9.17, 15) is 18.7 Å². The van der Waals surface area contributed by atoms with E-state index in [4.69, 9.17) is 21.1 Å². The molecule has 9 atom stereocenters. The molecule has 230 valence electrons. The number of hydrogen-bond donors (Lipinski definition) is 5. The number of carbonyl (C=O) groups excluding carboxylic acids is 1. The first-order chi connectivity index (χ1) is 19.3. The fourth-order valence-electron chi connectivity index (χ4n) is 7.40. The normalized spacial score (nSPS) is 39.4. The number of β-amino-alcohol motifs (C(OH)–C–C–N with tert-alkyl or cyclic N) is 1. The van der Waals surface area contributed by atoms with E-state index < -0.39 is 12.0 Å². The molecule has 5 N–H and O–H groups in total. The number of rotatable bonds is 10. The zero-order valence-corrected chi connectivity index (χ0v) is 24.2. The van der Waals surface area contributed by atoms with Crippen molar-refractivity contribution >= 4 is 17.5 Å². The van der Waals surface area contributed by atoms with E-state index in [1.807, 2.05) is 0 Å². The van der Waals surface area contributed by atoms with E-state index in [2.05, 4.69) is 26.2 Å². The lowest BCUT2D eigenvalue weighted by Crippen LogP contribution is -2.55. The van der Waals surface area contributed by atoms with Crippen LogP contribution in [0.4, 0.5) is 8.78 Å². The summed E-state index contributed by atoms with van der Waals surface area (Å²) < 4.78 is 39.3. The first-order valence-corrected chi connectivity index (χ1v) is 15.8. The van der Waals surface area contributed by atoms with Gasteiger partial charge in [0, 0.05) is 51.0 Å². The average molecular weight is 592 g/mol. The molecule has 2 saturated carbocycles. The van der Waals surface area contributed by atoms with Gasteiger partial charge in [0.1, 0.15) is 0 Å². The highest BCUT2D eigenvalue weighted by atomic mass is 35.5. The highest BCUT2D eigenvalue weighted by Crippen LogP contribution is 2.40. The number of fused-ring (bicyclic) bond motifs is 1. The second kappa shape index (κ2) is 14.2. The maximum atomic E-state index is 13.8. The van der Waals surface area contributed by atoms with Gasteiger partial charge >= 0.3 is 0 Å². The van der Waals surface area contributed by atoms with Crippen LogP contribution in [-0.2, 0) is 14.3 Å². The van der Waals surface area contributed by atoms with E-state index in [1.54, 1.807) is 0 Å². The summed E-state index contributed by atoms with van der Waals surface area (Å²) in [4.78, 5) is 15.2. The van der Waals surface area contributed by atoms with Gasteiger partial charge in [-0.2, -0.15) is 0 Å². The third kappa shape index (κ3) is 8.46. The minimum absolute atomic E-state index is 0.00243. The molecule has 5 rings (SSSR count). The molecule has 0 aromatic carbocycles. The van der Waals surface area contributed by atoms with Gasteiger partial charge in [-0.3, -0.25) is 15.4 Å². The van der Waals surface area contributed by atoms with E-state index in [0.29, 0.717) is 57.5 Å². The zero-order chi connectivity index (χ0) is 28.1. The number of alkyl halides is 3. The summed E-state index contributed by atoms with van der Waals surface area (Å²) in [5, 5.41) is 23.5. The van der Waals surface area contributed by atoms with Crippen molar-refractivity contribution in [2.75, 3.05) is 52.6 Å². The number of amides is 1. The van der Waals surface area contributed by atoms with E-state index >= 15 is 0 Å². The van der Waals surface area contributed by atoms with Gasteiger partial charge in [0.25, 0.3) is 0 Å². The molecule has 5 fully saturated rings. The molecule has 0 aromatic rings. The molecule has 8 unspecified atom stereocenters. The minimum atomic E-state index is -2.60. The van der Waals surface area contributed by atoms with Crippen LogP contribution < -0.4 is 21.3 Å². The van der Waals surface area contributed by atoms with Crippen LogP contribution in [0.3, 0.4) is 0 Å². The Balaban J connectivity index is 0.989. The topological polar surface area (TPSA) is 107 Å². The molecule has 1 amide bonds. The Hall–Kier alpha value is -0.660. The fraction of sp³-hybridized carbons (Fsp3) is 0.964. The van der Waals surface area contributed by atoms with Crippen molar-refractivity contribution in [3.8, 4) is 0 Å². The average Bonchev–Trinajstić information content (AvgIpc) is 3.45. The number of ether oxygens (including phenoxy) is 2. The van der Waals surface area contributed by atoms with Crippen molar-refractivity contribution in [1.82, 2.24) is 26.2 Å². The van der Waals surface area contributed by atoms with Gasteiger partial charge in [0.2, 0.25) is 11.8 Å². The molecule has 0 radical (unpaired) electrons. The summed E-state index contributed by atoms with van der Waals surface area (Å²) in [6.07, 6.45) is 4.72. The molecule has 3 saturated heterocycles. The van der Waals surface area contributed by atoms with E-state index in [0.717, 1.165) is 45.3 Å². The van der Waals surface area contributed by atoms with Gasteiger partial charge in [-0.05, 0) is 69.9 Å². The SMILES string of the molecule is O=C(NC[C@H](O)CN1CCC2C(CCC(OCC3CNCO3)C2Cl)C1)C1CCNC(NC2CCCC(F)(F)C2)C1. The number of aliphatic hydroxyl groups excluding tert-OH is 1. The molecular formula is C28H48ClF2N5O4. The molecule has 0 aromatic heterocycles. The molecule has 40 heavy (non-hydrogen) atoms. The predicted octanol–water partition coefficient (Wildman–Crippen LogP) is 1.63. The fourth-order valence-corrected chi connectivity index (χ4v) is 7.94. The number of carbonyl (C=O) groups is 1. The van der Waals surface area contributed by atoms with Crippen LogP contribution in [0.1, 0.15) is 57.8 Å². The number of piperidine rings is 2. The summed E-state index contributed by atoms with van der Waals surface area (Å²) in [5.74, 6) is -1.96. The van der Waals surface area contributed by atoms with Crippen molar-refractivity contribution in [3.05, 3.63) is 0 Å². The van der Waals surface area contributed by atoms with Crippen molar-refractivity contribution in [3.63, 3.8) is 0 Å². The smallest absolute Gasteiger partial charge is 0.249 e. The van der Waals surface area contributed by atoms with Crippen LogP contribution in [0, 0.1) is 17.8 Å². The molecule has 12 heteroatoms. The zero-order valence-electron chi connectivity index (χ0n) is 23.5. The first-order valence-electron chi connectivity index (χ1n) is 15.4. The van der Waals surface area contributed by atoms with Crippen molar-refractivity contribution < 1.29 is 28.2 Å². The first kappa shape index (κ1) is 30.8. The minimum Gasteiger partial charge on any atom is -0.390 e. The van der Waals surface area contributed by atoms with Crippen LogP contribution in [0.15, 0.2) is 0 Å². The molecule has 3 heterocycles. The van der Waals surface area contributed by atoms with Crippen LogP contribution >= 0.6 is 11.6 Å². The molecule has 0 spiro atoms. The molecule has 2 aliphatic carbocycles. The Morgan fingerprint density at radius 3 is 2.92 bits per heavy atom. The van der Waals surface area contributed by atoms with Crippen LogP contribution in [0.5, 0.6) is 0 Å². The molecule has 5 aliphatic rings. The van der Waals surface area contributed by atoms with Crippen molar-refractivity contribution in [1.29, 1.82) is 0 Å². The van der Waals surface area contributed by atoms with Gasteiger partial charge in [-0.1, -0.05) is 0 Å². The number of nitrogens with one attached hydrogen (secondary N) is 4. The molecule has 3 aliphatic heterocycles. The van der Waals surface area contributed by atoms with Crippen molar-refractivity contribution in [2.45, 2.75) is 99.6 Å². The Morgan fingerprint density at radius 2 is 2.12 bits per heavy atom. The van der Waals surface area contributed by atoms with Crippen LogP contribution in [0.2, 0.25) is 0 Å². The molecular weight excluding hydrogens is 544 g/mol. The second-order valence-electron chi connectivity index (χ2n) is 12.7. The Bertz CT molecular complexity index is 826. The lowest BCUT2D eigenvalue weighted by molar-refractivity contribution is -0.127. The maximum absolute atomic E-state index is 13.8. The third-order valence-electron chi connectivity index (χ3n) is 9.58. The molecule has 0 bridgehead atoms. The largest absolute Gasteiger partial charge is 0.390 e. The van der Waals surface area contributed by atoms with Gasteiger partial charge in [0.05, 0.1) is 43.2 Å². The van der Waals surface area contributed by atoms with Gasteiger partial charge in [-0.15, -0.1) is 11.6 Å². The van der Waals surface area contributed by atoms with Crippen LogP contribution in [0.25, 0.3) is 0 Å². The number of halogens is 3. The Labute approximate surface area is 241 Å². The third-order valence-corrected chi connectivity index (χ3v) is 10.2. The van der Waals surface area contributed by atoms with Gasteiger partial charge in [-0.25, -0.2) is 8.78 Å². The van der Waals surface area contributed by atoms with E-state index in [-0.39, 0.29) is 61.0 Å². The van der Waals surface area contributed by atoms with E-state index in [1.165, 1.54) is 0 Å². The summed E-state index contributed by atoms with van der Waals surface area (Å²) in [6, 6.07) is -0.227. The maximum Gasteiger partial charge on any atom is 0.249 e. The number of aliphatic hydroxyl groups is 1. The standard InChI is InChI=1S/C28H48ClF2N5O4/c29-26-23-6-9-36(14-19(23)3-4-24(26)39-16-22-13-32-17-40-22)15-21(37)12-34-27(38)18-5-8-33-25(10-18)35-20-2-1-7-28(30,31)11-20/h18-26,32-33,35,37H,1-17H2,(H,34,38)/t18?,19?,20?,21-,22?,23?,24?,25?,26?/m0/s1. The summed E-state index contributed by atoms with van der Waals surface area (Å²) >= 11 is 6.89. The lowest BCUT2D eigenvalue weighted by atomic mass is 9.73. The highest BCUT2D eigenvalue weighted by molar-refractivity contribution is 6.21. The second-order valence-corrected chi connectivity index (χ2v) is 13.2. The van der Waals surface area contributed by atoms with Crippen molar-refractivity contribution in [2.24, 2.45) is 17.8 Å². The quantitative estimate of drug-likeness (QED) is 0.244. The monoisotopic (exact) mass is 591 g/mol. The van der Waals surface area contributed by atoms with Gasteiger partial charge in [0.15, 0.2) is 0 Å². The number of likely N-dealkylation sites (tertiary alicyclic amines) is 1. The summed E-state index contributed by atoms with van der Waals surface area (Å²) in [5.41, 5.74) is 0. The van der Waals surface area contributed by atoms with Crippen LogP contribution in [-0.4, -0.2) is 110 Å². The lowest BCUT2D eigenvalue weighted by Gasteiger charge is -2.46. The summed E-state index contributed by atoms with van der Waals surface area (Å²) in [6.45, 7) is 5.17. The summed E-state index contributed by atoms with van der Waals surface area (Å²) in [7, 11) is 0. The highest BCUT2D eigenvalue weighted by Gasteiger charge is 2.42. The Kier molecular flexibility index (Phi) is 10.9. The number of nitrogens with zero attached hydrogens (tertiary/aromatic N) is 1. The molecule has 9 nitrogen and oxygen atoms in total.